The normalized spacial score (nSPS) is 11.5. The molecule has 7 heteroatoms. The van der Waals surface area contributed by atoms with E-state index in [0.717, 1.165) is 39.5 Å². The first-order valence-electron chi connectivity index (χ1n) is 8.87. The molecule has 0 aliphatic heterocycles. The zero-order chi connectivity index (χ0) is 20.5. The maximum Gasteiger partial charge on any atom is 0.573 e. The molecule has 148 valence electrons. The molecule has 1 aromatic heterocycles. The molecule has 0 N–H and O–H groups in total. The summed E-state index contributed by atoms with van der Waals surface area (Å²) in [6.07, 6.45) is -4.70. The summed E-state index contributed by atoms with van der Waals surface area (Å²) in [7, 11) is 0. The number of hydrogen-bond acceptors (Lipinski definition) is 4. The van der Waals surface area contributed by atoms with E-state index in [4.69, 9.17) is 4.52 Å². The predicted octanol–water partition coefficient (Wildman–Crippen LogP) is 6.32. The number of ether oxygens (including phenoxy) is 1. The number of hydrogen-bond donors (Lipinski definition) is 0. The van der Waals surface area contributed by atoms with Gasteiger partial charge in [0.2, 0.25) is 0 Å². The standard InChI is InChI=1S/C21H21F3N2O2/c1-5-26(17-8-10-18(11-9-17)27-21(22,23)24)19-12-16(7-6-13(19)2)20-14(3)25-28-15(20)4/h6-12H,5H2,1-4H3. The van der Waals surface area contributed by atoms with Gasteiger partial charge in [-0.3, -0.25) is 0 Å². The topological polar surface area (TPSA) is 38.5 Å². The fourth-order valence-electron chi connectivity index (χ4n) is 3.27. The summed E-state index contributed by atoms with van der Waals surface area (Å²) < 4.78 is 46.4. The van der Waals surface area contributed by atoms with Crippen molar-refractivity contribution < 1.29 is 22.4 Å². The quantitative estimate of drug-likeness (QED) is 0.511. The van der Waals surface area contributed by atoms with Crippen LogP contribution in [0, 0.1) is 20.8 Å². The van der Waals surface area contributed by atoms with Crippen molar-refractivity contribution >= 4 is 11.4 Å². The maximum absolute atomic E-state index is 12.4. The van der Waals surface area contributed by atoms with Gasteiger partial charge in [-0.1, -0.05) is 17.3 Å². The van der Waals surface area contributed by atoms with Crippen molar-refractivity contribution in [1.82, 2.24) is 5.16 Å². The van der Waals surface area contributed by atoms with E-state index in [0.29, 0.717) is 6.54 Å². The molecule has 0 unspecified atom stereocenters. The highest BCUT2D eigenvalue weighted by atomic mass is 19.4. The first-order chi connectivity index (χ1) is 13.2. The second kappa shape index (κ2) is 7.58. The summed E-state index contributed by atoms with van der Waals surface area (Å²) in [6, 6.07) is 11.9. The average Bonchev–Trinajstić information content (AvgIpc) is 2.96. The molecule has 0 saturated heterocycles. The summed E-state index contributed by atoms with van der Waals surface area (Å²) in [5.41, 5.74) is 5.52. The number of nitrogens with zero attached hydrogens (tertiary/aromatic N) is 2. The number of benzene rings is 2. The summed E-state index contributed by atoms with van der Waals surface area (Å²) in [6.45, 7) is 8.39. The van der Waals surface area contributed by atoms with E-state index in [1.165, 1.54) is 12.1 Å². The van der Waals surface area contributed by atoms with Crippen LogP contribution in [0.5, 0.6) is 5.75 Å². The number of alkyl halides is 3. The first-order valence-corrected chi connectivity index (χ1v) is 8.87. The van der Waals surface area contributed by atoms with Crippen molar-refractivity contribution in [1.29, 1.82) is 0 Å². The molecule has 0 bridgehead atoms. The van der Waals surface area contributed by atoms with E-state index in [1.807, 2.05) is 50.8 Å². The van der Waals surface area contributed by atoms with Crippen LogP contribution in [0.15, 0.2) is 47.0 Å². The number of aryl methyl sites for hydroxylation is 3. The van der Waals surface area contributed by atoms with Gasteiger partial charge in [0, 0.05) is 23.5 Å². The Hall–Kier alpha value is -2.96. The molecular formula is C21H21F3N2O2. The molecule has 4 nitrogen and oxygen atoms in total. The largest absolute Gasteiger partial charge is 0.573 e. The molecule has 3 aromatic rings. The lowest BCUT2D eigenvalue weighted by molar-refractivity contribution is -0.274. The molecule has 3 rings (SSSR count). The number of halogens is 3. The Morgan fingerprint density at radius 3 is 2.25 bits per heavy atom. The highest BCUT2D eigenvalue weighted by Gasteiger charge is 2.31. The molecule has 28 heavy (non-hydrogen) atoms. The molecule has 0 saturated carbocycles. The fraction of sp³-hybridized carbons (Fsp3) is 0.286. The SMILES string of the molecule is CCN(c1ccc(OC(F)(F)F)cc1)c1cc(-c2c(C)noc2C)ccc1C. The van der Waals surface area contributed by atoms with Crippen LogP contribution in [0.4, 0.5) is 24.5 Å². The zero-order valence-electron chi connectivity index (χ0n) is 16.1. The number of aromatic nitrogens is 1. The number of anilines is 2. The molecule has 0 fully saturated rings. The van der Waals surface area contributed by atoms with Gasteiger partial charge in [-0.2, -0.15) is 0 Å². The van der Waals surface area contributed by atoms with Crippen LogP contribution in [0.1, 0.15) is 23.9 Å². The summed E-state index contributed by atoms with van der Waals surface area (Å²) >= 11 is 0. The minimum Gasteiger partial charge on any atom is -0.406 e. The Labute approximate surface area is 161 Å². The van der Waals surface area contributed by atoms with E-state index in [9.17, 15) is 13.2 Å². The Kier molecular flexibility index (Phi) is 5.36. The van der Waals surface area contributed by atoms with Gasteiger partial charge < -0.3 is 14.2 Å². The highest BCUT2D eigenvalue weighted by Crippen LogP contribution is 2.35. The summed E-state index contributed by atoms with van der Waals surface area (Å²) in [5.74, 6) is 0.498. The molecule has 0 atom stereocenters. The zero-order valence-corrected chi connectivity index (χ0v) is 16.1. The Balaban J connectivity index is 1.97. The second-order valence-corrected chi connectivity index (χ2v) is 6.49. The maximum atomic E-state index is 12.4. The van der Waals surface area contributed by atoms with Crippen molar-refractivity contribution in [2.24, 2.45) is 0 Å². The fourth-order valence-corrected chi connectivity index (χ4v) is 3.27. The van der Waals surface area contributed by atoms with Crippen LogP contribution in [0.2, 0.25) is 0 Å². The molecular weight excluding hydrogens is 369 g/mol. The van der Waals surface area contributed by atoms with E-state index >= 15 is 0 Å². The van der Waals surface area contributed by atoms with Gasteiger partial charge in [0.1, 0.15) is 11.5 Å². The Morgan fingerprint density at radius 2 is 1.71 bits per heavy atom. The third kappa shape index (κ3) is 4.13. The summed E-state index contributed by atoms with van der Waals surface area (Å²) in [4.78, 5) is 2.04. The predicted molar refractivity (Wildman–Crippen MR) is 102 cm³/mol. The van der Waals surface area contributed by atoms with E-state index in [2.05, 4.69) is 9.89 Å². The minimum atomic E-state index is -4.70. The van der Waals surface area contributed by atoms with Gasteiger partial charge in [-0.15, -0.1) is 13.2 Å². The summed E-state index contributed by atoms with van der Waals surface area (Å²) in [5, 5.41) is 4.01. The minimum absolute atomic E-state index is 0.242. The van der Waals surface area contributed by atoms with Crippen LogP contribution in [-0.4, -0.2) is 18.1 Å². The molecule has 1 heterocycles. The van der Waals surface area contributed by atoms with Gasteiger partial charge in [0.25, 0.3) is 0 Å². The van der Waals surface area contributed by atoms with Crippen LogP contribution < -0.4 is 9.64 Å². The third-order valence-electron chi connectivity index (χ3n) is 4.52. The van der Waals surface area contributed by atoms with E-state index in [1.54, 1.807) is 12.1 Å². The van der Waals surface area contributed by atoms with Crippen LogP contribution >= 0.6 is 0 Å². The van der Waals surface area contributed by atoms with Crippen LogP contribution in [-0.2, 0) is 0 Å². The molecule has 0 aliphatic rings. The van der Waals surface area contributed by atoms with Crippen LogP contribution in [0.3, 0.4) is 0 Å². The molecule has 0 aliphatic carbocycles. The highest BCUT2D eigenvalue weighted by molar-refractivity contribution is 5.76. The van der Waals surface area contributed by atoms with Gasteiger partial charge in [-0.05, 0) is 69.2 Å². The van der Waals surface area contributed by atoms with Gasteiger partial charge in [0.15, 0.2) is 0 Å². The van der Waals surface area contributed by atoms with Crippen molar-refractivity contribution in [2.45, 2.75) is 34.1 Å². The van der Waals surface area contributed by atoms with E-state index in [-0.39, 0.29) is 5.75 Å². The smallest absolute Gasteiger partial charge is 0.406 e. The Morgan fingerprint density at radius 1 is 1.04 bits per heavy atom. The molecule has 0 radical (unpaired) electrons. The van der Waals surface area contributed by atoms with Crippen molar-refractivity contribution in [3.63, 3.8) is 0 Å². The second-order valence-electron chi connectivity index (χ2n) is 6.49. The number of rotatable bonds is 5. The Bertz CT molecular complexity index is 943. The van der Waals surface area contributed by atoms with Crippen LogP contribution in [0.25, 0.3) is 11.1 Å². The van der Waals surface area contributed by atoms with Crippen molar-refractivity contribution in [3.8, 4) is 16.9 Å². The molecule has 0 spiro atoms. The average molecular weight is 390 g/mol. The van der Waals surface area contributed by atoms with Crippen molar-refractivity contribution in [3.05, 3.63) is 59.5 Å². The van der Waals surface area contributed by atoms with Gasteiger partial charge in [-0.25, -0.2) is 0 Å². The lowest BCUT2D eigenvalue weighted by Gasteiger charge is -2.26. The molecule has 2 aromatic carbocycles. The van der Waals surface area contributed by atoms with Gasteiger partial charge >= 0.3 is 6.36 Å². The third-order valence-corrected chi connectivity index (χ3v) is 4.52. The monoisotopic (exact) mass is 390 g/mol. The van der Waals surface area contributed by atoms with Gasteiger partial charge in [0.05, 0.1) is 5.69 Å². The lowest BCUT2D eigenvalue weighted by atomic mass is 10.0. The van der Waals surface area contributed by atoms with E-state index < -0.39 is 6.36 Å². The van der Waals surface area contributed by atoms with Crippen molar-refractivity contribution in [2.75, 3.05) is 11.4 Å². The molecule has 0 amide bonds. The first kappa shape index (κ1) is 19.8. The lowest BCUT2D eigenvalue weighted by Crippen LogP contribution is -2.18.